The van der Waals surface area contributed by atoms with Crippen LogP contribution in [-0.4, -0.2) is 47.1 Å². The molecule has 1 aliphatic carbocycles. The van der Waals surface area contributed by atoms with Gasteiger partial charge in [-0.2, -0.15) is 0 Å². The summed E-state index contributed by atoms with van der Waals surface area (Å²) < 4.78 is 5.41. The quantitative estimate of drug-likeness (QED) is 0.892. The molecular formula is C17H21N5O2. The molecule has 0 atom stereocenters. The third-order valence-electron chi connectivity index (χ3n) is 4.67. The Labute approximate surface area is 140 Å². The molecule has 4 rings (SSSR count). The summed E-state index contributed by atoms with van der Waals surface area (Å²) in [7, 11) is 0. The lowest BCUT2D eigenvalue weighted by Crippen LogP contribution is -2.46. The molecule has 1 aliphatic heterocycles. The maximum atomic E-state index is 11.6. The van der Waals surface area contributed by atoms with Crippen molar-refractivity contribution in [2.45, 2.75) is 25.3 Å². The van der Waals surface area contributed by atoms with Crippen LogP contribution in [0.15, 0.2) is 28.9 Å². The minimum atomic E-state index is -0.435. The molecular weight excluding hydrogens is 306 g/mol. The SMILES string of the molecule is NC(=O)c1cccnc1N1CCN(Cc2cc(C3CC3)on2)CC1. The third-order valence-corrected chi connectivity index (χ3v) is 4.67. The maximum absolute atomic E-state index is 11.6. The van der Waals surface area contributed by atoms with Gasteiger partial charge in [-0.15, -0.1) is 0 Å². The van der Waals surface area contributed by atoms with Crippen molar-refractivity contribution in [1.29, 1.82) is 0 Å². The fourth-order valence-corrected chi connectivity index (χ4v) is 3.15. The summed E-state index contributed by atoms with van der Waals surface area (Å²) in [6, 6.07) is 5.56. The number of pyridine rings is 1. The second kappa shape index (κ2) is 6.24. The molecule has 0 radical (unpaired) electrons. The number of hydrogen-bond acceptors (Lipinski definition) is 6. The fraction of sp³-hybridized carbons (Fsp3) is 0.471. The van der Waals surface area contributed by atoms with Gasteiger partial charge in [-0.25, -0.2) is 4.98 Å². The summed E-state index contributed by atoms with van der Waals surface area (Å²) in [5.41, 5.74) is 6.93. The molecule has 7 heteroatoms. The van der Waals surface area contributed by atoms with Gasteiger partial charge in [0.05, 0.1) is 11.3 Å². The summed E-state index contributed by atoms with van der Waals surface area (Å²) >= 11 is 0. The first-order chi connectivity index (χ1) is 11.7. The Hall–Kier alpha value is -2.41. The molecule has 7 nitrogen and oxygen atoms in total. The summed E-state index contributed by atoms with van der Waals surface area (Å²) in [6.45, 7) is 4.20. The monoisotopic (exact) mass is 327 g/mol. The highest BCUT2D eigenvalue weighted by atomic mass is 16.5. The summed E-state index contributed by atoms with van der Waals surface area (Å²) in [5.74, 6) is 1.88. The van der Waals surface area contributed by atoms with Gasteiger partial charge in [0.15, 0.2) is 0 Å². The van der Waals surface area contributed by atoms with Crippen molar-refractivity contribution >= 4 is 11.7 Å². The molecule has 0 bridgehead atoms. The number of amides is 1. The van der Waals surface area contributed by atoms with Crippen LogP contribution >= 0.6 is 0 Å². The molecule has 1 amide bonds. The minimum Gasteiger partial charge on any atom is -0.365 e. The Balaban J connectivity index is 1.37. The molecule has 0 spiro atoms. The Kier molecular flexibility index (Phi) is 3.93. The molecule has 2 aromatic rings. The van der Waals surface area contributed by atoms with Crippen LogP contribution in [-0.2, 0) is 6.54 Å². The smallest absolute Gasteiger partial charge is 0.252 e. The standard InChI is InChI=1S/C17H21N5O2/c18-16(23)14-2-1-5-19-17(14)22-8-6-21(7-9-22)11-13-10-15(24-20-13)12-3-4-12/h1-2,5,10,12H,3-4,6-9,11H2,(H2,18,23). The number of aromatic nitrogens is 2. The predicted octanol–water partition coefficient (Wildman–Crippen LogP) is 1.37. The van der Waals surface area contributed by atoms with Crippen molar-refractivity contribution in [3.8, 4) is 0 Å². The molecule has 1 saturated heterocycles. The molecule has 0 aromatic carbocycles. The van der Waals surface area contributed by atoms with E-state index in [-0.39, 0.29) is 0 Å². The van der Waals surface area contributed by atoms with E-state index >= 15 is 0 Å². The van der Waals surface area contributed by atoms with E-state index in [4.69, 9.17) is 10.3 Å². The summed E-state index contributed by atoms with van der Waals surface area (Å²) in [6.07, 6.45) is 4.14. The van der Waals surface area contributed by atoms with E-state index in [9.17, 15) is 4.79 Å². The Morgan fingerprint density at radius 3 is 2.79 bits per heavy atom. The van der Waals surface area contributed by atoms with Gasteiger partial charge in [0.2, 0.25) is 0 Å². The molecule has 126 valence electrons. The molecule has 1 saturated carbocycles. The molecule has 2 fully saturated rings. The van der Waals surface area contributed by atoms with Gasteiger partial charge in [-0.3, -0.25) is 9.69 Å². The van der Waals surface area contributed by atoms with Crippen LogP contribution in [0.5, 0.6) is 0 Å². The van der Waals surface area contributed by atoms with E-state index in [1.54, 1.807) is 18.3 Å². The number of carbonyl (C=O) groups excluding carboxylic acids is 1. The van der Waals surface area contributed by atoms with E-state index in [1.165, 1.54) is 12.8 Å². The van der Waals surface area contributed by atoms with Crippen molar-refractivity contribution < 1.29 is 9.32 Å². The van der Waals surface area contributed by atoms with Crippen LogP contribution < -0.4 is 10.6 Å². The first-order valence-electron chi connectivity index (χ1n) is 8.38. The second-order valence-electron chi connectivity index (χ2n) is 6.50. The minimum absolute atomic E-state index is 0.435. The van der Waals surface area contributed by atoms with E-state index in [0.29, 0.717) is 17.3 Å². The molecule has 3 heterocycles. The number of carbonyl (C=O) groups is 1. The number of nitrogens with zero attached hydrogens (tertiary/aromatic N) is 4. The van der Waals surface area contributed by atoms with Gasteiger partial charge in [-0.1, -0.05) is 5.16 Å². The molecule has 24 heavy (non-hydrogen) atoms. The first kappa shape index (κ1) is 15.1. The van der Waals surface area contributed by atoms with Gasteiger partial charge in [0, 0.05) is 50.9 Å². The second-order valence-corrected chi connectivity index (χ2v) is 6.50. The van der Waals surface area contributed by atoms with Crippen molar-refractivity contribution in [2.24, 2.45) is 5.73 Å². The van der Waals surface area contributed by atoms with Crippen molar-refractivity contribution in [2.75, 3.05) is 31.1 Å². The zero-order valence-electron chi connectivity index (χ0n) is 13.5. The largest absolute Gasteiger partial charge is 0.365 e. The van der Waals surface area contributed by atoms with Gasteiger partial charge in [0.1, 0.15) is 11.6 Å². The van der Waals surface area contributed by atoms with E-state index < -0.39 is 5.91 Å². The summed E-state index contributed by atoms with van der Waals surface area (Å²) in [5, 5.41) is 4.18. The lowest BCUT2D eigenvalue weighted by molar-refractivity contribution is 0.1000. The van der Waals surface area contributed by atoms with Crippen LogP contribution in [0.2, 0.25) is 0 Å². The third kappa shape index (κ3) is 3.12. The van der Waals surface area contributed by atoms with Gasteiger partial charge >= 0.3 is 0 Å². The lowest BCUT2D eigenvalue weighted by atomic mass is 10.2. The Morgan fingerprint density at radius 1 is 1.29 bits per heavy atom. The first-order valence-corrected chi connectivity index (χ1v) is 8.38. The number of primary amides is 1. The normalized spacial score (nSPS) is 18.8. The van der Waals surface area contributed by atoms with Crippen LogP contribution in [0.25, 0.3) is 0 Å². The zero-order chi connectivity index (χ0) is 16.5. The van der Waals surface area contributed by atoms with Crippen LogP contribution in [0, 0.1) is 0 Å². The predicted molar refractivity (Wildman–Crippen MR) is 88.7 cm³/mol. The molecule has 2 aliphatic rings. The number of anilines is 1. The highest BCUT2D eigenvalue weighted by Gasteiger charge is 2.28. The van der Waals surface area contributed by atoms with Crippen molar-refractivity contribution in [3.05, 3.63) is 41.4 Å². The number of hydrogen-bond donors (Lipinski definition) is 1. The summed E-state index contributed by atoms with van der Waals surface area (Å²) in [4.78, 5) is 20.4. The van der Waals surface area contributed by atoms with E-state index in [1.807, 2.05) is 0 Å². The highest BCUT2D eigenvalue weighted by Crippen LogP contribution is 2.40. The van der Waals surface area contributed by atoms with Gasteiger partial charge < -0.3 is 15.2 Å². The van der Waals surface area contributed by atoms with Crippen molar-refractivity contribution in [3.63, 3.8) is 0 Å². The number of nitrogens with two attached hydrogens (primary N) is 1. The van der Waals surface area contributed by atoms with Crippen molar-refractivity contribution in [1.82, 2.24) is 15.0 Å². The van der Waals surface area contributed by atoms with Gasteiger partial charge in [-0.05, 0) is 25.0 Å². The molecule has 2 aromatic heterocycles. The van der Waals surface area contributed by atoms with Crippen LogP contribution in [0.1, 0.15) is 40.6 Å². The lowest BCUT2D eigenvalue weighted by Gasteiger charge is -2.35. The zero-order valence-corrected chi connectivity index (χ0v) is 13.5. The molecule has 0 unspecified atom stereocenters. The molecule has 2 N–H and O–H groups in total. The highest BCUT2D eigenvalue weighted by molar-refractivity contribution is 5.97. The topological polar surface area (TPSA) is 88.5 Å². The average molecular weight is 327 g/mol. The van der Waals surface area contributed by atoms with E-state index in [2.05, 4.69) is 26.0 Å². The Morgan fingerprint density at radius 2 is 2.08 bits per heavy atom. The average Bonchev–Trinajstić information content (AvgIpc) is 3.35. The number of piperazine rings is 1. The Bertz CT molecular complexity index is 732. The van der Waals surface area contributed by atoms with E-state index in [0.717, 1.165) is 44.2 Å². The number of rotatable bonds is 5. The van der Waals surface area contributed by atoms with Crippen LogP contribution in [0.3, 0.4) is 0 Å². The van der Waals surface area contributed by atoms with Crippen LogP contribution in [0.4, 0.5) is 5.82 Å². The fourth-order valence-electron chi connectivity index (χ4n) is 3.15. The maximum Gasteiger partial charge on any atom is 0.252 e. The van der Waals surface area contributed by atoms with Gasteiger partial charge in [0.25, 0.3) is 5.91 Å².